The van der Waals surface area contributed by atoms with Gasteiger partial charge in [-0.05, 0) is 39.5 Å². The van der Waals surface area contributed by atoms with E-state index in [0.29, 0.717) is 6.04 Å². The molecule has 102 valence electrons. The molecule has 0 aromatic rings. The van der Waals surface area contributed by atoms with E-state index in [4.69, 9.17) is 9.47 Å². The second-order valence-electron chi connectivity index (χ2n) is 4.92. The lowest BCUT2D eigenvalue weighted by Crippen LogP contribution is -2.35. The summed E-state index contributed by atoms with van der Waals surface area (Å²) < 4.78 is 11.1. The van der Waals surface area contributed by atoms with E-state index in [1.165, 1.54) is 25.7 Å². The van der Waals surface area contributed by atoms with Gasteiger partial charge in [0, 0.05) is 32.2 Å². The van der Waals surface area contributed by atoms with Crippen molar-refractivity contribution in [3.05, 3.63) is 0 Å². The maximum absolute atomic E-state index is 5.53. The Morgan fingerprint density at radius 1 is 1.12 bits per heavy atom. The topological polar surface area (TPSA) is 30.5 Å². The highest BCUT2D eigenvalue weighted by Crippen LogP contribution is 2.27. The number of hydrogen-bond acceptors (Lipinski definition) is 3. The van der Waals surface area contributed by atoms with Gasteiger partial charge in [-0.2, -0.15) is 0 Å². The van der Waals surface area contributed by atoms with Crippen LogP contribution in [0.4, 0.5) is 0 Å². The molecular weight excluding hydrogens is 214 g/mol. The molecular formula is C14H29NO2. The molecule has 0 aromatic heterocycles. The lowest BCUT2D eigenvalue weighted by Gasteiger charge is -2.22. The van der Waals surface area contributed by atoms with Gasteiger partial charge in [-0.1, -0.05) is 12.8 Å². The monoisotopic (exact) mass is 243 g/mol. The number of ether oxygens (including phenoxy) is 2. The van der Waals surface area contributed by atoms with E-state index in [9.17, 15) is 0 Å². The predicted molar refractivity (Wildman–Crippen MR) is 71.1 cm³/mol. The largest absolute Gasteiger partial charge is 0.353 e. The van der Waals surface area contributed by atoms with Crippen LogP contribution in [0.15, 0.2) is 0 Å². The zero-order valence-corrected chi connectivity index (χ0v) is 11.7. The predicted octanol–water partition coefficient (Wildman–Crippen LogP) is 2.94. The Bertz CT molecular complexity index is 173. The molecule has 17 heavy (non-hydrogen) atoms. The summed E-state index contributed by atoms with van der Waals surface area (Å²) in [4.78, 5) is 0. The summed E-state index contributed by atoms with van der Waals surface area (Å²) >= 11 is 0. The molecule has 3 heteroatoms. The fourth-order valence-corrected chi connectivity index (χ4v) is 2.64. The summed E-state index contributed by atoms with van der Waals surface area (Å²) in [6.45, 7) is 8.78. The van der Waals surface area contributed by atoms with Crippen LogP contribution in [-0.4, -0.2) is 32.1 Å². The number of rotatable bonds is 9. The second-order valence-corrected chi connectivity index (χ2v) is 4.92. The highest BCUT2D eigenvalue weighted by molar-refractivity contribution is 4.77. The minimum Gasteiger partial charge on any atom is -0.353 e. The SMILES string of the molecule is CCOC(CCN[C@@H](C)C1CCCC1)OCC. The molecule has 3 nitrogen and oxygen atoms in total. The van der Waals surface area contributed by atoms with E-state index in [1.807, 2.05) is 13.8 Å². The highest BCUT2D eigenvalue weighted by atomic mass is 16.7. The number of hydrogen-bond donors (Lipinski definition) is 1. The van der Waals surface area contributed by atoms with Crippen molar-refractivity contribution in [2.75, 3.05) is 19.8 Å². The van der Waals surface area contributed by atoms with Gasteiger partial charge in [-0.3, -0.25) is 0 Å². The molecule has 1 rings (SSSR count). The molecule has 1 aliphatic carbocycles. The van der Waals surface area contributed by atoms with Gasteiger partial charge in [0.05, 0.1) is 0 Å². The Morgan fingerprint density at radius 3 is 2.24 bits per heavy atom. The lowest BCUT2D eigenvalue weighted by atomic mass is 10.00. The van der Waals surface area contributed by atoms with Gasteiger partial charge in [0.15, 0.2) is 6.29 Å². The summed E-state index contributed by atoms with van der Waals surface area (Å²) in [5, 5.41) is 3.61. The summed E-state index contributed by atoms with van der Waals surface area (Å²) in [6, 6.07) is 0.640. The van der Waals surface area contributed by atoms with Gasteiger partial charge in [0.25, 0.3) is 0 Å². The van der Waals surface area contributed by atoms with Crippen LogP contribution in [0.25, 0.3) is 0 Å². The first-order valence-electron chi connectivity index (χ1n) is 7.24. The summed E-state index contributed by atoms with van der Waals surface area (Å²) in [7, 11) is 0. The molecule has 0 bridgehead atoms. The van der Waals surface area contributed by atoms with Crippen molar-refractivity contribution in [3.8, 4) is 0 Å². The minimum atomic E-state index is -0.0340. The van der Waals surface area contributed by atoms with Crippen LogP contribution in [0.3, 0.4) is 0 Å². The van der Waals surface area contributed by atoms with Gasteiger partial charge < -0.3 is 14.8 Å². The smallest absolute Gasteiger partial charge is 0.158 e. The minimum absolute atomic E-state index is 0.0340. The van der Waals surface area contributed by atoms with E-state index in [0.717, 1.165) is 32.1 Å². The Balaban J connectivity index is 2.11. The van der Waals surface area contributed by atoms with E-state index in [-0.39, 0.29) is 6.29 Å². The Kier molecular flexibility index (Phi) is 7.82. The standard InChI is InChI=1S/C14H29NO2/c1-4-16-14(17-5-2)10-11-15-12(3)13-8-6-7-9-13/h12-15H,4-11H2,1-3H3/t12-/m0/s1. The van der Waals surface area contributed by atoms with Crippen molar-refractivity contribution in [2.45, 2.75) is 65.2 Å². The molecule has 0 spiro atoms. The van der Waals surface area contributed by atoms with Gasteiger partial charge >= 0.3 is 0 Å². The van der Waals surface area contributed by atoms with Crippen molar-refractivity contribution < 1.29 is 9.47 Å². The van der Waals surface area contributed by atoms with Crippen molar-refractivity contribution in [2.24, 2.45) is 5.92 Å². The normalized spacial score (nSPS) is 19.1. The van der Waals surface area contributed by atoms with Crippen LogP contribution in [0, 0.1) is 5.92 Å². The molecule has 0 amide bonds. The Hall–Kier alpha value is -0.120. The molecule has 0 saturated heterocycles. The second kappa shape index (κ2) is 8.90. The molecule has 0 unspecified atom stereocenters. The van der Waals surface area contributed by atoms with Crippen LogP contribution in [0.1, 0.15) is 52.9 Å². The van der Waals surface area contributed by atoms with E-state index < -0.39 is 0 Å². The fraction of sp³-hybridized carbons (Fsp3) is 1.00. The molecule has 1 fully saturated rings. The summed E-state index contributed by atoms with van der Waals surface area (Å²) in [5.74, 6) is 0.882. The molecule has 1 atom stereocenters. The third-order valence-corrected chi connectivity index (χ3v) is 3.66. The van der Waals surface area contributed by atoms with Gasteiger partial charge in [-0.25, -0.2) is 0 Å². The molecule has 1 N–H and O–H groups in total. The Morgan fingerprint density at radius 2 is 1.71 bits per heavy atom. The quantitative estimate of drug-likeness (QED) is 0.632. The first kappa shape index (κ1) is 14.9. The molecule has 1 aliphatic rings. The lowest BCUT2D eigenvalue weighted by molar-refractivity contribution is -0.138. The van der Waals surface area contributed by atoms with Crippen LogP contribution in [0.2, 0.25) is 0 Å². The van der Waals surface area contributed by atoms with Crippen LogP contribution in [-0.2, 0) is 9.47 Å². The number of nitrogens with one attached hydrogen (secondary N) is 1. The van der Waals surface area contributed by atoms with Crippen molar-refractivity contribution in [1.82, 2.24) is 5.32 Å². The summed E-state index contributed by atoms with van der Waals surface area (Å²) in [6.07, 6.45) is 6.53. The molecule has 0 aromatic carbocycles. The molecule has 1 saturated carbocycles. The first-order valence-corrected chi connectivity index (χ1v) is 7.24. The van der Waals surface area contributed by atoms with Crippen LogP contribution < -0.4 is 5.32 Å². The van der Waals surface area contributed by atoms with Crippen molar-refractivity contribution >= 4 is 0 Å². The average molecular weight is 243 g/mol. The molecule has 0 heterocycles. The Labute approximate surface area is 106 Å². The maximum Gasteiger partial charge on any atom is 0.158 e. The third kappa shape index (κ3) is 5.84. The van der Waals surface area contributed by atoms with Gasteiger partial charge in [0.1, 0.15) is 0 Å². The van der Waals surface area contributed by atoms with Gasteiger partial charge in [-0.15, -0.1) is 0 Å². The molecule has 0 aliphatic heterocycles. The zero-order chi connectivity index (χ0) is 12.5. The first-order chi connectivity index (χ1) is 8.27. The van der Waals surface area contributed by atoms with Crippen molar-refractivity contribution in [1.29, 1.82) is 0 Å². The average Bonchev–Trinajstić information content (AvgIpc) is 2.83. The van der Waals surface area contributed by atoms with E-state index >= 15 is 0 Å². The molecule has 0 radical (unpaired) electrons. The van der Waals surface area contributed by atoms with E-state index in [1.54, 1.807) is 0 Å². The third-order valence-electron chi connectivity index (χ3n) is 3.66. The van der Waals surface area contributed by atoms with Crippen molar-refractivity contribution in [3.63, 3.8) is 0 Å². The van der Waals surface area contributed by atoms with Crippen LogP contribution >= 0.6 is 0 Å². The van der Waals surface area contributed by atoms with Crippen LogP contribution in [0.5, 0.6) is 0 Å². The highest BCUT2D eigenvalue weighted by Gasteiger charge is 2.21. The zero-order valence-electron chi connectivity index (χ0n) is 11.7. The maximum atomic E-state index is 5.53. The van der Waals surface area contributed by atoms with Gasteiger partial charge in [0.2, 0.25) is 0 Å². The summed E-state index contributed by atoms with van der Waals surface area (Å²) in [5.41, 5.74) is 0. The fourth-order valence-electron chi connectivity index (χ4n) is 2.64. The van der Waals surface area contributed by atoms with E-state index in [2.05, 4.69) is 12.2 Å².